The van der Waals surface area contributed by atoms with E-state index >= 15 is 0 Å². The number of piperidine rings is 1. The highest BCUT2D eigenvalue weighted by molar-refractivity contribution is 8.00. The van der Waals surface area contributed by atoms with Crippen molar-refractivity contribution in [3.63, 3.8) is 0 Å². The van der Waals surface area contributed by atoms with Crippen molar-refractivity contribution in [2.75, 3.05) is 27.2 Å². The largest absolute Gasteiger partial charge is 0.348 e. The average Bonchev–Trinajstić information content (AvgIpc) is 3.26. The van der Waals surface area contributed by atoms with Crippen LogP contribution in [0.3, 0.4) is 0 Å². The molecule has 0 aliphatic carbocycles. The molecule has 3 aromatic rings. The summed E-state index contributed by atoms with van der Waals surface area (Å²) in [6.45, 7) is 4.18. The summed E-state index contributed by atoms with van der Waals surface area (Å²) >= 11 is 1.37. The highest BCUT2D eigenvalue weighted by Crippen LogP contribution is 2.38. The van der Waals surface area contributed by atoms with Gasteiger partial charge in [0.25, 0.3) is 0 Å². The van der Waals surface area contributed by atoms with Crippen molar-refractivity contribution < 1.29 is 9.18 Å². The second kappa shape index (κ2) is 10.5. The number of nitrogens with zero attached hydrogens (tertiary/aromatic N) is 5. The average molecular weight is 468 g/mol. The number of rotatable bonds is 7. The predicted molar refractivity (Wildman–Crippen MR) is 129 cm³/mol. The molecule has 0 radical (unpaired) electrons. The minimum absolute atomic E-state index is 0.0227. The predicted octanol–water partition coefficient (Wildman–Crippen LogP) is 4.87. The summed E-state index contributed by atoms with van der Waals surface area (Å²) in [6, 6.07) is 16.1. The maximum Gasteiger partial charge on any atom is 0.240 e. The van der Waals surface area contributed by atoms with Gasteiger partial charge in [-0.25, -0.2) is 4.39 Å². The zero-order chi connectivity index (χ0) is 23.4. The number of hydrogen-bond donors (Lipinski definition) is 0. The SMILES string of the molecule is C[C@@H](c1nnc(S[C@H](C(=O)N(C)C)c2ccccc2)n1-c1ccc(F)cc1)N1CCCCC1. The van der Waals surface area contributed by atoms with Gasteiger partial charge in [0.05, 0.1) is 6.04 Å². The van der Waals surface area contributed by atoms with E-state index in [4.69, 9.17) is 0 Å². The monoisotopic (exact) mass is 467 g/mol. The lowest BCUT2D eigenvalue weighted by molar-refractivity contribution is -0.128. The molecular weight excluding hydrogens is 437 g/mol. The molecule has 4 rings (SSSR count). The maximum absolute atomic E-state index is 13.7. The second-order valence-electron chi connectivity index (χ2n) is 8.57. The van der Waals surface area contributed by atoms with Gasteiger partial charge in [0, 0.05) is 19.8 Å². The van der Waals surface area contributed by atoms with Crippen molar-refractivity contribution in [3.05, 3.63) is 71.8 Å². The first kappa shape index (κ1) is 23.4. The number of thioether (sulfide) groups is 1. The molecule has 1 amide bonds. The Morgan fingerprint density at radius 3 is 2.30 bits per heavy atom. The van der Waals surface area contributed by atoms with Crippen LogP contribution >= 0.6 is 11.8 Å². The number of amides is 1. The Morgan fingerprint density at radius 2 is 1.67 bits per heavy atom. The molecular formula is C25H30FN5OS. The van der Waals surface area contributed by atoms with Gasteiger partial charge in [-0.15, -0.1) is 10.2 Å². The van der Waals surface area contributed by atoms with Crippen molar-refractivity contribution in [1.29, 1.82) is 0 Å². The first-order valence-electron chi connectivity index (χ1n) is 11.3. The van der Waals surface area contributed by atoms with E-state index in [0.29, 0.717) is 5.16 Å². The smallest absolute Gasteiger partial charge is 0.240 e. The molecule has 174 valence electrons. The first-order chi connectivity index (χ1) is 16.0. The Balaban J connectivity index is 1.76. The number of hydrogen-bond acceptors (Lipinski definition) is 5. The van der Waals surface area contributed by atoms with E-state index < -0.39 is 5.25 Å². The fraction of sp³-hybridized carbons (Fsp3) is 0.400. The highest BCUT2D eigenvalue weighted by Gasteiger charge is 2.30. The van der Waals surface area contributed by atoms with E-state index in [1.54, 1.807) is 31.1 Å². The molecule has 1 aliphatic heterocycles. The van der Waals surface area contributed by atoms with E-state index in [0.717, 1.165) is 30.2 Å². The fourth-order valence-corrected chi connectivity index (χ4v) is 5.37. The molecule has 0 saturated carbocycles. The maximum atomic E-state index is 13.7. The summed E-state index contributed by atoms with van der Waals surface area (Å²) in [5.41, 5.74) is 1.69. The van der Waals surface area contributed by atoms with E-state index in [-0.39, 0.29) is 17.8 Å². The third-order valence-corrected chi connectivity index (χ3v) is 7.23. The van der Waals surface area contributed by atoms with Crippen molar-refractivity contribution in [2.24, 2.45) is 0 Å². The zero-order valence-corrected chi connectivity index (χ0v) is 20.1. The quantitative estimate of drug-likeness (QED) is 0.464. The Kier molecular flexibility index (Phi) is 7.45. The van der Waals surface area contributed by atoms with Crippen LogP contribution in [0, 0.1) is 5.82 Å². The lowest BCUT2D eigenvalue weighted by Gasteiger charge is -2.32. The van der Waals surface area contributed by atoms with Crippen LogP contribution in [-0.2, 0) is 4.79 Å². The van der Waals surface area contributed by atoms with Gasteiger partial charge in [-0.2, -0.15) is 0 Å². The Labute approximate surface area is 198 Å². The first-order valence-corrected chi connectivity index (χ1v) is 12.2. The molecule has 6 nitrogen and oxygen atoms in total. The van der Waals surface area contributed by atoms with Gasteiger partial charge in [0.1, 0.15) is 11.1 Å². The van der Waals surface area contributed by atoms with Gasteiger partial charge in [-0.05, 0) is 62.7 Å². The van der Waals surface area contributed by atoms with Crippen LogP contribution in [0.15, 0.2) is 59.8 Å². The van der Waals surface area contributed by atoms with Crippen LogP contribution < -0.4 is 0 Å². The summed E-state index contributed by atoms with van der Waals surface area (Å²) in [4.78, 5) is 17.1. The molecule has 0 bridgehead atoms. The number of carbonyl (C=O) groups is 1. The molecule has 8 heteroatoms. The van der Waals surface area contributed by atoms with Gasteiger partial charge < -0.3 is 4.90 Å². The van der Waals surface area contributed by atoms with Gasteiger partial charge in [-0.1, -0.05) is 48.5 Å². The molecule has 0 spiro atoms. The molecule has 1 saturated heterocycles. The number of likely N-dealkylation sites (N-methyl/N-ethyl adjacent to an activating group) is 1. The van der Waals surface area contributed by atoms with Gasteiger partial charge in [-0.3, -0.25) is 14.3 Å². The Hall–Kier alpha value is -2.71. The molecule has 2 atom stereocenters. The third kappa shape index (κ3) is 5.28. The van der Waals surface area contributed by atoms with Crippen molar-refractivity contribution in [2.45, 2.75) is 42.6 Å². The summed E-state index contributed by atoms with van der Waals surface area (Å²) in [6.07, 6.45) is 3.59. The summed E-state index contributed by atoms with van der Waals surface area (Å²) in [7, 11) is 3.51. The molecule has 1 aliphatic rings. The Morgan fingerprint density at radius 1 is 1.00 bits per heavy atom. The molecule has 0 N–H and O–H groups in total. The molecule has 0 unspecified atom stereocenters. The number of carbonyl (C=O) groups excluding carboxylic acids is 1. The molecule has 2 aromatic carbocycles. The standard InChI is InChI=1S/C25H30FN5OS/c1-18(30-16-8-5-9-17-30)23-27-28-25(31(23)21-14-12-20(26)13-15-21)33-22(24(32)29(2)3)19-10-6-4-7-11-19/h4,6-7,10-15,18,22H,5,8-9,16-17H2,1-3H3/t18-,22-/m0/s1. The van der Waals surface area contributed by atoms with E-state index in [2.05, 4.69) is 22.0 Å². The van der Waals surface area contributed by atoms with Gasteiger partial charge in [0.15, 0.2) is 11.0 Å². The minimum atomic E-state index is -0.470. The summed E-state index contributed by atoms with van der Waals surface area (Å²) in [5.74, 6) is 0.484. The van der Waals surface area contributed by atoms with E-state index in [9.17, 15) is 9.18 Å². The van der Waals surface area contributed by atoms with Crippen molar-refractivity contribution in [1.82, 2.24) is 24.6 Å². The lowest BCUT2D eigenvalue weighted by atomic mass is 10.1. The Bertz CT molecular complexity index is 1060. The normalized spacial score (nSPS) is 16.4. The van der Waals surface area contributed by atoms with Crippen LogP contribution in [0.4, 0.5) is 4.39 Å². The third-order valence-electron chi connectivity index (χ3n) is 6.05. The number of benzene rings is 2. The van der Waals surface area contributed by atoms with Crippen molar-refractivity contribution >= 4 is 17.7 Å². The number of aromatic nitrogens is 3. The van der Waals surface area contributed by atoms with Crippen LogP contribution in [0.5, 0.6) is 0 Å². The minimum Gasteiger partial charge on any atom is -0.348 e. The van der Waals surface area contributed by atoms with Gasteiger partial charge in [0.2, 0.25) is 5.91 Å². The zero-order valence-electron chi connectivity index (χ0n) is 19.3. The topological polar surface area (TPSA) is 54.3 Å². The fourth-order valence-electron chi connectivity index (χ4n) is 4.16. The highest BCUT2D eigenvalue weighted by atomic mass is 32.2. The summed E-state index contributed by atoms with van der Waals surface area (Å²) in [5, 5.41) is 9.24. The lowest BCUT2D eigenvalue weighted by Crippen LogP contribution is -2.33. The summed E-state index contributed by atoms with van der Waals surface area (Å²) < 4.78 is 15.7. The molecule has 33 heavy (non-hydrogen) atoms. The van der Waals surface area contributed by atoms with E-state index in [1.165, 1.54) is 43.2 Å². The number of likely N-dealkylation sites (tertiary alicyclic amines) is 1. The number of halogens is 1. The van der Waals surface area contributed by atoms with Crippen LogP contribution in [-0.4, -0.2) is 57.7 Å². The molecule has 1 aromatic heterocycles. The van der Waals surface area contributed by atoms with Crippen LogP contribution in [0.1, 0.15) is 48.9 Å². The second-order valence-corrected chi connectivity index (χ2v) is 9.64. The van der Waals surface area contributed by atoms with Crippen LogP contribution in [0.25, 0.3) is 5.69 Å². The van der Waals surface area contributed by atoms with Crippen molar-refractivity contribution in [3.8, 4) is 5.69 Å². The van der Waals surface area contributed by atoms with Crippen LogP contribution in [0.2, 0.25) is 0 Å². The molecule has 2 heterocycles. The van der Waals surface area contributed by atoms with Gasteiger partial charge >= 0.3 is 0 Å². The molecule has 1 fully saturated rings. The van der Waals surface area contributed by atoms with E-state index in [1.807, 2.05) is 34.9 Å².